The van der Waals surface area contributed by atoms with E-state index in [9.17, 15) is 0 Å². The van der Waals surface area contributed by atoms with Crippen LogP contribution in [0, 0.1) is 12.3 Å². The van der Waals surface area contributed by atoms with Crippen LogP contribution in [0.3, 0.4) is 0 Å². The molecule has 1 aromatic heterocycles. The van der Waals surface area contributed by atoms with Crippen LogP contribution in [0.25, 0.3) is 26.8 Å². The predicted octanol–water partition coefficient (Wildman–Crippen LogP) is 1.12. The van der Waals surface area contributed by atoms with Gasteiger partial charge in [-0.3, -0.25) is 0 Å². The van der Waals surface area contributed by atoms with Gasteiger partial charge in [0.2, 0.25) is 5.39 Å². The summed E-state index contributed by atoms with van der Waals surface area (Å²) < 4.78 is 0. The molecule has 17 heavy (non-hydrogen) atoms. The van der Waals surface area contributed by atoms with Crippen molar-refractivity contribution in [2.45, 2.75) is 6.92 Å². The van der Waals surface area contributed by atoms with E-state index in [4.69, 9.17) is 5.39 Å². The second-order valence-corrected chi connectivity index (χ2v) is 3.96. The molecule has 3 nitrogen and oxygen atoms in total. The summed E-state index contributed by atoms with van der Waals surface area (Å²) in [5.74, 6) is 0. The van der Waals surface area contributed by atoms with Gasteiger partial charge < -0.3 is 17.4 Å². The number of nitrogens with zero attached hydrogens (tertiary/aromatic N) is 2. The number of aryl methyl sites for hydroxylation is 1. The standard InChI is InChI=1S/C13H10N3.ClH/c1-8-6-9(16-14)7-11-10-4-2-3-5-12(10)15-13(8)11;/h2-7,15H,1H3;1H/q+1;/p-1. The van der Waals surface area contributed by atoms with Crippen LogP contribution in [0.2, 0.25) is 0 Å². The summed E-state index contributed by atoms with van der Waals surface area (Å²) in [6.45, 7) is 2.01. The first kappa shape index (κ1) is 11.4. The van der Waals surface area contributed by atoms with Gasteiger partial charge >= 0.3 is 5.69 Å². The Kier molecular flexibility index (Phi) is 2.74. The first-order valence-corrected chi connectivity index (χ1v) is 5.16. The van der Waals surface area contributed by atoms with E-state index in [0.29, 0.717) is 5.69 Å². The van der Waals surface area contributed by atoms with E-state index in [-0.39, 0.29) is 12.4 Å². The highest BCUT2D eigenvalue weighted by Crippen LogP contribution is 2.31. The molecule has 2 aromatic carbocycles. The molecule has 3 rings (SSSR count). The molecule has 0 saturated heterocycles. The third-order valence-corrected chi connectivity index (χ3v) is 2.91. The largest absolute Gasteiger partial charge is 1.00 e. The van der Waals surface area contributed by atoms with Crippen molar-refractivity contribution in [3.05, 3.63) is 46.9 Å². The summed E-state index contributed by atoms with van der Waals surface area (Å²) in [7, 11) is 0. The highest BCUT2D eigenvalue weighted by Gasteiger charge is 2.12. The zero-order chi connectivity index (χ0) is 11.1. The zero-order valence-electron chi connectivity index (χ0n) is 9.24. The number of hydrogen-bond donors (Lipinski definition) is 1. The molecule has 0 aliphatic heterocycles. The molecule has 84 valence electrons. The van der Waals surface area contributed by atoms with Gasteiger partial charge in [0.05, 0.1) is 0 Å². The fourth-order valence-electron chi connectivity index (χ4n) is 2.17. The van der Waals surface area contributed by atoms with Crippen LogP contribution in [-0.4, -0.2) is 4.98 Å². The minimum Gasteiger partial charge on any atom is -1.00 e. The van der Waals surface area contributed by atoms with E-state index in [2.05, 4.69) is 16.0 Å². The lowest BCUT2D eigenvalue weighted by Gasteiger charge is -1.92. The number of aromatic amines is 1. The van der Waals surface area contributed by atoms with Crippen LogP contribution in [0.15, 0.2) is 36.4 Å². The van der Waals surface area contributed by atoms with Crippen molar-refractivity contribution in [1.29, 1.82) is 5.39 Å². The maximum absolute atomic E-state index is 8.85. The Morgan fingerprint density at radius 1 is 1.12 bits per heavy atom. The molecule has 0 atom stereocenters. The third-order valence-electron chi connectivity index (χ3n) is 2.91. The highest BCUT2D eigenvalue weighted by atomic mass is 35.5. The first-order valence-electron chi connectivity index (χ1n) is 5.16. The van der Waals surface area contributed by atoms with Gasteiger partial charge in [-0.1, -0.05) is 18.2 Å². The first-order chi connectivity index (χ1) is 7.79. The quantitative estimate of drug-likeness (QED) is 0.591. The molecule has 1 heterocycles. The van der Waals surface area contributed by atoms with Gasteiger partial charge in [0.1, 0.15) is 0 Å². The second kappa shape index (κ2) is 4.08. The molecule has 0 radical (unpaired) electrons. The van der Waals surface area contributed by atoms with Crippen molar-refractivity contribution in [2.75, 3.05) is 0 Å². The number of hydrogen-bond acceptors (Lipinski definition) is 1. The Morgan fingerprint density at radius 2 is 1.88 bits per heavy atom. The summed E-state index contributed by atoms with van der Waals surface area (Å²) in [6, 6.07) is 11.9. The summed E-state index contributed by atoms with van der Waals surface area (Å²) in [6.07, 6.45) is 0. The molecular weight excluding hydrogens is 234 g/mol. The number of halogens is 1. The van der Waals surface area contributed by atoms with Crippen LogP contribution in [0.4, 0.5) is 5.69 Å². The maximum Gasteiger partial charge on any atom is 0.386 e. The van der Waals surface area contributed by atoms with Gasteiger partial charge in [-0.15, -0.1) is 0 Å². The van der Waals surface area contributed by atoms with Gasteiger partial charge in [-0.25, -0.2) is 0 Å². The Hall–Kier alpha value is -2.05. The van der Waals surface area contributed by atoms with E-state index in [1.807, 2.05) is 37.3 Å². The topological polar surface area (TPSA) is 43.9 Å². The monoisotopic (exact) mass is 243 g/mol. The predicted molar refractivity (Wildman–Crippen MR) is 65.3 cm³/mol. The smallest absolute Gasteiger partial charge is 0.386 e. The number of fused-ring (bicyclic) bond motifs is 3. The van der Waals surface area contributed by atoms with Gasteiger partial charge in [0, 0.05) is 33.9 Å². The Balaban J connectivity index is 0.00000108. The SMILES string of the molecule is Cc1cc([N+]#N)cc2c1[nH]c1ccccc12.[Cl-]. The number of diazo groups is 1. The third kappa shape index (κ3) is 1.63. The molecule has 0 unspecified atom stereocenters. The lowest BCUT2D eigenvalue weighted by atomic mass is 10.1. The minimum atomic E-state index is 0. The molecule has 0 bridgehead atoms. The number of H-pyrrole nitrogens is 1. The molecule has 0 aliphatic rings. The van der Waals surface area contributed by atoms with Crippen LogP contribution >= 0.6 is 0 Å². The number of para-hydroxylation sites is 1. The molecule has 0 aliphatic carbocycles. The van der Waals surface area contributed by atoms with Crippen molar-refractivity contribution in [2.24, 2.45) is 0 Å². The lowest BCUT2D eigenvalue weighted by molar-refractivity contribution is -0.00000345. The average molecular weight is 244 g/mol. The summed E-state index contributed by atoms with van der Waals surface area (Å²) in [5, 5.41) is 11.1. The second-order valence-electron chi connectivity index (χ2n) is 3.96. The molecule has 0 spiro atoms. The molecule has 4 heteroatoms. The van der Waals surface area contributed by atoms with E-state index < -0.39 is 0 Å². The van der Waals surface area contributed by atoms with Crippen molar-refractivity contribution >= 4 is 27.5 Å². The van der Waals surface area contributed by atoms with Gasteiger partial charge in [-0.2, -0.15) is 0 Å². The molecule has 0 amide bonds. The van der Waals surface area contributed by atoms with Crippen molar-refractivity contribution in [3.8, 4) is 0 Å². The number of aromatic nitrogens is 1. The van der Waals surface area contributed by atoms with E-state index in [1.165, 1.54) is 0 Å². The summed E-state index contributed by atoms with van der Waals surface area (Å²) in [5.41, 5.74) is 3.89. The van der Waals surface area contributed by atoms with Gasteiger partial charge in [0.15, 0.2) is 4.98 Å². The number of rotatable bonds is 0. The lowest BCUT2D eigenvalue weighted by Crippen LogP contribution is -3.00. The van der Waals surface area contributed by atoms with Crippen LogP contribution in [0.5, 0.6) is 0 Å². The van der Waals surface area contributed by atoms with Crippen LogP contribution in [0.1, 0.15) is 5.56 Å². The van der Waals surface area contributed by atoms with Gasteiger partial charge in [-0.05, 0) is 18.6 Å². The molecule has 3 aromatic rings. The van der Waals surface area contributed by atoms with Crippen LogP contribution < -0.4 is 12.4 Å². The molecule has 0 fully saturated rings. The number of benzene rings is 2. The van der Waals surface area contributed by atoms with E-state index >= 15 is 0 Å². The fourth-order valence-corrected chi connectivity index (χ4v) is 2.17. The Labute approximate surface area is 104 Å². The maximum atomic E-state index is 8.85. The average Bonchev–Trinajstić information content (AvgIpc) is 2.68. The summed E-state index contributed by atoms with van der Waals surface area (Å²) in [4.78, 5) is 6.63. The summed E-state index contributed by atoms with van der Waals surface area (Å²) >= 11 is 0. The zero-order valence-corrected chi connectivity index (χ0v) is 9.99. The number of nitrogens with one attached hydrogen (secondary N) is 1. The molecule has 1 N–H and O–H groups in total. The molecule has 0 saturated carbocycles. The van der Waals surface area contributed by atoms with Crippen molar-refractivity contribution in [3.63, 3.8) is 0 Å². The Morgan fingerprint density at radius 3 is 2.65 bits per heavy atom. The molecular formula is C13H10ClN3. The van der Waals surface area contributed by atoms with Gasteiger partial charge in [0.25, 0.3) is 0 Å². The normalized spacial score (nSPS) is 10.1. The highest BCUT2D eigenvalue weighted by molar-refractivity contribution is 6.09. The van der Waals surface area contributed by atoms with E-state index in [1.54, 1.807) is 0 Å². The van der Waals surface area contributed by atoms with Crippen molar-refractivity contribution in [1.82, 2.24) is 4.98 Å². The fraction of sp³-hybridized carbons (Fsp3) is 0.0769. The minimum absolute atomic E-state index is 0. The Bertz CT molecular complexity index is 737. The van der Waals surface area contributed by atoms with Crippen LogP contribution in [-0.2, 0) is 0 Å². The van der Waals surface area contributed by atoms with E-state index in [0.717, 1.165) is 27.4 Å². The van der Waals surface area contributed by atoms with Crippen molar-refractivity contribution < 1.29 is 12.4 Å².